The summed E-state index contributed by atoms with van der Waals surface area (Å²) in [5.41, 5.74) is 2.41. The van der Waals surface area contributed by atoms with Gasteiger partial charge in [-0.15, -0.1) is 0 Å². The van der Waals surface area contributed by atoms with Crippen molar-refractivity contribution in [1.29, 1.82) is 0 Å². The maximum absolute atomic E-state index is 12.3. The van der Waals surface area contributed by atoms with Crippen LogP contribution in [0.1, 0.15) is 33.6 Å². The molecule has 7 nitrogen and oxygen atoms in total. The minimum Gasteiger partial charge on any atom is -0.481 e. The fourth-order valence-electron chi connectivity index (χ4n) is 5.32. The van der Waals surface area contributed by atoms with Gasteiger partial charge in [-0.3, -0.25) is 14.4 Å². The Morgan fingerprint density at radius 2 is 1.64 bits per heavy atom. The van der Waals surface area contributed by atoms with Crippen molar-refractivity contribution in [2.24, 2.45) is 34.3 Å². The lowest BCUT2D eigenvalue weighted by Crippen LogP contribution is -2.66. The lowest BCUT2D eigenvalue weighted by atomic mass is 9.58. The molecule has 0 heterocycles. The molecule has 0 saturated heterocycles. The van der Waals surface area contributed by atoms with E-state index in [-0.39, 0.29) is 0 Å². The van der Waals surface area contributed by atoms with Gasteiger partial charge in [0, 0.05) is 10.8 Å². The van der Waals surface area contributed by atoms with E-state index in [1.54, 1.807) is 20.8 Å². The first-order valence-electron chi connectivity index (χ1n) is 7.44. The average molecular weight is 313 g/mol. The molecular formula is C15H23NO6. The van der Waals surface area contributed by atoms with E-state index < -0.39 is 52.0 Å². The Bertz CT molecular complexity index is 542. The van der Waals surface area contributed by atoms with Crippen molar-refractivity contribution >= 4 is 17.9 Å². The van der Waals surface area contributed by atoms with Crippen LogP contribution in [0, 0.1) is 28.6 Å². The molecule has 5 atom stereocenters. The largest absolute Gasteiger partial charge is 0.481 e. The first kappa shape index (κ1) is 16.7. The third-order valence-electron chi connectivity index (χ3n) is 6.50. The van der Waals surface area contributed by atoms with E-state index in [9.17, 15) is 24.6 Å². The van der Waals surface area contributed by atoms with Crippen LogP contribution < -0.4 is 5.73 Å². The van der Waals surface area contributed by atoms with Gasteiger partial charge in [0.15, 0.2) is 0 Å². The van der Waals surface area contributed by atoms with Crippen LogP contribution in [0.3, 0.4) is 0 Å². The zero-order chi connectivity index (χ0) is 17.1. The predicted molar refractivity (Wildman–Crippen MR) is 75.8 cm³/mol. The van der Waals surface area contributed by atoms with Crippen molar-refractivity contribution in [2.75, 3.05) is 7.11 Å². The summed E-state index contributed by atoms with van der Waals surface area (Å²) in [5.74, 6) is -5.31. The molecule has 7 heteroatoms. The molecule has 0 aromatic rings. The quantitative estimate of drug-likeness (QED) is 0.638. The molecule has 0 bridgehead atoms. The molecule has 0 amide bonds. The molecule has 2 fully saturated rings. The van der Waals surface area contributed by atoms with E-state index in [1.807, 2.05) is 0 Å². The van der Waals surface area contributed by atoms with Gasteiger partial charge in [-0.1, -0.05) is 20.8 Å². The van der Waals surface area contributed by atoms with Gasteiger partial charge in [-0.2, -0.15) is 0 Å². The third kappa shape index (κ3) is 1.42. The summed E-state index contributed by atoms with van der Waals surface area (Å²) in [6.07, 6.45) is 0.731. The van der Waals surface area contributed by atoms with E-state index in [2.05, 4.69) is 0 Å². The summed E-state index contributed by atoms with van der Waals surface area (Å²) in [7, 11) is 1.23. The van der Waals surface area contributed by atoms with Crippen molar-refractivity contribution in [3.8, 4) is 0 Å². The van der Waals surface area contributed by atoms with Crippen LogP contribution in [-0.2, 0) is 19.1 Å². The SMILES string of the molecule is CCC1(CC)C(C(=O)OC)C2C(C(=O)O)C2(C)C1(N)C(=O)O. The number of hydrogen-bond donors (Lipinski definition) is 3. The molecule has 2 rings (SSSR count). The number of nitrogens with two attached hydrogens (primary N) is 1. The number of carboxylic acids is 2. The summed E-state index contributed by atoms with van der Waals surface area (Å²) in [4.78, 5) is 35.9. The van der Waals surface area contributed by atoms with E-state index in [1.165, 1.54) is 7.11 Å². The first-order valence-corrected chi connectivity index (χ1v) is 7.44. The topological polar surface area (TPSA) is 127 Å². The highest BCUT2D eigenvalue weighted by atomic mass is 16.5. The van der Waals surface area contributed by atoms with Gasteiger partial charge in [0.2, 0.25) is 0 Å². The standard InChI is InChI=1S/C15H23NO6/c1-5-14(6-2)9(11(19)22-4)7-8(10(17)18)13(7,3)15(14,16)12(20)21/h7-9H,5-6,16H2,1-4H3,(H,17,18)(H,20,21). The molecule has 5 unspecified atom stereocenters. The Balaban J connectivity index is 2.72. The highest BCUT2D eigenvalue weighted by molar-refractivity contribution is 5.92. The van der Waals surface area contributed by atoms with E-state index in [4.69, 9.17) is 10.5 Å². The average Bonchev–Trinajstić information content (AvgIpc) is 3.04. The van der Waals surface area contributed by atoms with Crippen LogP contribution in [0.25, 0.3) is 0 Å². The molecule has 0 spiro atoms. The molecule has 4 N–H and O–H groups in total. The lowest BCUT2D eigenvalue weighted by molar-refractivity contribution is -0.163. The Morgan fingerprint density at radius 1 is 1.14 bits per heavy atom. The number of carboxylic acid groups (broad SMARTS) is 2. The normalized spacial score (nSPS) is 41.6. The number of methoxy groups -OCH3 is 1. The number of fused-ring (bicyclic) bond motifs is 1. The fourth-order valence-corrected chi connectivity index (χ4v) is 5.32. The molecule has 2 aliphatic carbocycles. The summed E-state index contributed by atoms with van der Waals surface area (Å²) in [6, 6.07) is 0. The molecule has 0 aromatic carbocycles. The van der Waals surface area contributed by atoms with Crippen LogP contribution >= 0.6 is 0 Å². The minimum absolute atomic E-state index is 0.366. The highest BCUT2D eigenvalue weighted by Gasteiger charge is 2.90. The zero-order valence-corrected chi connectivity index (χ0v) is 13.3. The number of hydrogen-bond acceptors (Lipinski definition) is 5. The van der Waals surface area contributed by atoms with Crippen molar-refractivity contribution in [2.45, 2.75) is 39.2 Å². The molecule has 0 radical (unpaired) electrons. The van der Waals surface area contributed by atoms with Gasteiger partial charge in [0.05, 0.1) is 18.9 Å². The zero-order valence-electron chi connectivity index (χ0n) is 13.3. The van der Waals surface area contributed by atoms with Gasteiger partial charge in [0.1, 0.15) is 5.54 Å². The number of rotatable bonds is 5. The number of ether oxygens (including phenoxy) is 1. The smallest absolute Gasteiger partial charge is 0.324 e. The third-order valence-corrected chi connectivity index (χ3v) is 6.50. The first-order chi connectivity index (χ1) is 10.1. The predicted octanol–water partition coefficient (Wildman–Crippen LogP) is 0.715. The van der Waals surface area contributed by atoms with Crippen LogP contribution in [0.5, 0.6) is 0 Å². The molecule has 2 aliphatic rings. The Morgan fingerprint density at radius 3 is 1.95 bits per heavy atom. The number of esters is 1. The summed E-state index contributed by atoms with van der Waals surface area (Å²) >= 11 is 0. The van der Waals surface area contributed by atoms with Crippen molar-refractivity contribution in [1.82, 2.24) is 0 Å². The maximum Gasteiger partial charge on any atom is 0.324 e. The van der Waals surface area contributed by atoms with Gasteiger partial charge in [-0.25, -0.2) is 0 Å². The van der Waals surface area contributed by atoms with E-state index in [0.717, 1.165) is 0 Å². The second-order valence-electron chi connectivity index (χ2n) is 6.60. The molecular weight excluding hydrogens is 290 g/mol. The van der Waals surface area contributed by atoms with Gasteiger partial charge in [-0.05, 0) is 18.8 Å². The number of carbonyl (C=O) groups excluding carboxylic acids is 1. The molecule has 22 heavy (non-hydrogen) atoms. The number of carbonyl (C=O) groups is 3. The second kappa shape index (κ2) is 4.68. The van der Waals surface area contributed by atoms with Crippen LogP contribution in [-0.4, -0.2) is 40.8 Å². The molecule has 0 aromatic heterocycles. The van der Waals surface area contributed by atoms with Crippen LogP contribution in [0.15, 0.2) is 0 Å². The van der Waals surface area contributed by atoms with Crippen LogP contribution in [0.2, 0.25) is 0 Å². The van der Waals surface area contributed by atoms with Crippen molar-refractivity contribution in [3.63, 3.8) is 0 Å². The van der Waals surface area contributed by atoms with Crippen molar-refractivity contribution in [3.05, 3.63) is 0 Å². The van der Waals surface area contributed by atoms with E-state index in [0.29, 0.717) is 12.8 Å². The van der Waals surface area contributed by atoms with Gasteiger partial charge in [0.25, 0.3) is 0 Å². The molecule has 0 aliphatic heterocycles. The summed E-state index contributed by atoms with van der Waals surface area (Å²) in [5, 5.41) is 19.3. The van der Waals surface area contributed by atoms with Crippen molar-refractivity contribution < 1.29 is 29.3 Å². The fraction of sp³-hybridized carbons (Fsp3) is 0.800. The Labute approximate surface area is 128 Å². The molecule has 124 valence electrons. The van der Waals surface area contributed by atoms with Gasteiger partial charge < -0.3 is 20.7 Å². The maximum atomic E-state index is 12.3. The Hall–Kier alpha value is -1.63. The van der Waals surface area contributed by atoms with Crippen LogP contribution in [0.4, 0.5) is 0 Å². The van der Waals surface area contributed by atoms with E-state index >= 15 is 0 Å². The highest BCUT2D eigenvalue weighted by Crippen LogP contribution is 2.80. The minimum atomic E-state index is -1.78. The number of aliphatic carboxylic acids is 2. The lowest BCUT2D eigenvalue weighted by Gasteiger charge is -2.47. The Kier molecular flexibility index (Phi) is 3.56. The molecule has 2 saturated carbocycles. The van der Waals surface area contributed by atoms with Gasteiger partial charge >= 0.3 is 17.9 Å². The monoisotopic (exact) mass is 313 g/mol. The summed E-state index contributed by atoms with van der Waals surface area (Å²) in [6.45, 7) is 5.15. The second-order valence-corrected chi connectivity index (χ2v) is 6.60. The summed E-state index contributed by atoms with van der Waals surface area (Å²) < 4.78 is 4.86.